The van der Waals surface area contributed by atoms with Gasteiger partial charge in [-0.15, -0.1) is 0 Å². The maximum atomic E-state index is 10.8. The van der Waals surface area contributed by atoms with Crippen LogP contribution in [0.4, 0.5) is 0 Å². The first-order valence-electron chi connectivity index (χ1n) is 3.66. The van der Waals surface area contributed by atoms with Gasteiger partial charge in [-0.05, 0) is 12.1 Å². The molecule has 0 bridgehead atoms. The van der Waals surface area contributed by atoms with Crippen molar-refractivity contribution in [2.75, 3.05) is 0 Å². The molecule has 0 spiro atoms. The van der Waals surface area contributed by atoms with Crippen LogP contribution in [0.15, 0.2) is 29.2 Å². The summed E-state index contributed by atoms with van der Waals surface area (Å²) in [5.74, 6) is -0.830. The molecule has 0 aliphatic rings. The van der Waals surface area contributed by atoms with Crippen LogP contribution < -0.4 is 34.3 Å². The third-order valence-electron chi connectivity index (χ3n) is 1.38. The van der Waals surface area contributed by atoms with Crippen molar-refractivity contribution in [3.8, 4) is 5.75 Å². The normalized spacial score (nSPS) is 10.3. The SMILES string of the molecule is CC(=O)Oc1ccccc1S(=O)(=O)O.[H-].[Na+]. The summed E-state index contributed by atoms with van der Waals surface area (Å²) in [5, 5.41) is 0. The minimum atomic E-state index is -4.36. The van der Waals surface area contributed by atoms with Crippen molar-refractivity contribution < 1.29 is 53.5 Å². The molecule has 0 unspecified atom stereocenters. The second kappa shape index (κ2) is 5.62. The Morgan fingerprint density at radius 1 is 1.40 bits per heavy atom. The van der Waals surface area contributed by atoms with Crippen molar-refractivity contribution in [3.63, 3.8) is 0 Å². The van der Waals surface area contributed by atoms with E-state index in [-0.39, 0.29) is 36.7 Å². The van der Waals surface area contributed by atoms with E-state index in [1.165, 1.54) is 18.2 Å². The summed E-state index contributed by atoms with van der Waals surface area (Å²) in [7, 11) is -4.36. The molecule has 0 aromatic heterocycles. The summed E-state index contributed by atoms with van der Waals surface area (Å²) in [4.78, 5) is 10.2. The second-order valence-electron chi connectivity index (χ2n) is 2.52. The molecule has 0 radical (unpaired) electrons. The Morgan fingerprint density at radius 2 is 1.93 bits per heavy atom. The Morgan fingerprint density at radius 3 is 2.40 bits per heavy atom. The number of carbonyl (C=O) groups is 1. The molecule has 0 atom stereocenters. The van der Waals surface area contributed by atoms with Gasteiger partial charge in [0.05, 0.1) is 0 Å². The van der Waals surface area contributed by atoms with Gasteiger partial charge in [-0.25, -0.2) is 0 Å². The van der Waals surface area contributed by atoms with Crippen molar-refractivity contribution in [1.29, 1.82) is 0 Å². The van der Waals surface area contributed by atoms with Crippen LogP contribution in [0, 0.1) is 0 Å². The van der Waals surface area contributed by atoms with Gasteiger partial charge < -0.3 is 6.16 Å². The number of hydrogen-bond acceptors (Lipinski definition) is 4. The van der Waals surface area contributed by atoms with Gasteiger partial charge in [-0.3, -0.25) is 9.35 Å². The van der Waals surface area contributed by atoms with Crippen molar-refractivity contribution in [2.45, 2.75) is 11.8 Å². The average Bonchev–Trinajstić information content (AvgIpc) is 2.01. The molecule has 78 valence electrons. The Bertz CT molecular complexity index is 459. The smallest absolute Gasteiger partial charge is 1.00 e. The van der Waals surface area contributed by atoms with Crippen LogP contribution in [0.1, 0.15) is 8.35 Å². The fourth-order valence-corrected chi connectivity index (χ4v) is 1.52. The topological polar surface area (TPSA) is 80.7 Å². The standard InChI is InChI=1S/C8H8O5S.Na.H/c1-6(9)13-7-4-2-3-5-8(7)14(10,11)12;;/h2-5H,1H3,(H,10,11,12);;/q;+1;-1. The Kier molecular flexibility index (Phi) is 5.47. The van der Waals surface area contributed by atoms with Gasteiger partial charge in [-0.2, -0.15) is 8.42 Å². The van der Waals surface area contributed by atoms with Crippen molar-refractivity contribution in [3.05, 3.63) is 24.3 Å². The predicted molar refractivity (Wildman–Crippen MR) is 48.7 cm³/mol. The molecule has 0 fully saturated rings. The first kappa shape index (κ1) is 14.6. The minimum absolute atomic E-state index is 0. The molecule has 1 N–H and O–H groups in total. The molecule has 0 heterocycles. The third kappa shape index (κ3) is 4.31. The number of para-hydroxylation sites is 1. The number of carbonyl (C=O) groups excluding carboxylic acids is 1. The van der Waals surface area contributed by atoms with Gasteiger partial charge in [0.15, 0.2) is 5.75 Å². The van der Waals surface area contributed by atoms with E-state index >= 15 is 0 Å². The van der Waals surface area contributed by atoms with Gasteiger partial charge in [0, 0.05) is 6.92 Å². The molecule has 1 aromatic rings. The zero-order valence-corrected chi connectivity index (χ0v) is 11.1. The molecule has 0 saturated carbocycles. The molecule has 0 saturated heterocycles. The predicted octanol–water partition coefficient (Wildman–Crippen LogP) is -2.02. The fraction of sp³-hybridized carbons (Fsp3) is 0.125. The summed E-state index contributed by atoms with van der Waals surface area (Å²) >= 11 is 0. The third-order valence-corrected chi connectivity index (χ3v) is 2.27. The van der Waals surface area contributed by atoms with Gasteiger partial charge in [0.25, 0.3) is 10.1 Å². The van der Waals surface area contributed by atoms with Gasteiger partial charge >= 0.3 is 35.5 Å². The van der Waals surface area contributed by atoms with Gasteiger partial charge in [0.1, 0.15) is 4.90 Å². The van der Waals surface area contributed by atoms with E-state index in [0.29, 0.717) is 0 Å². The van der Waals surface area contributed by atoms with E-state index in [4.69, 9.17) is 4.55 Å². The first-order valence-corrected chi connectivity index (χ1v) is 5.10. The molecule has 0 aliphatic carbocycles. The molecule has 7 heteroatoms. The number of esters is 1. The molecule has 1 rings (SSSR count). The molecule has 15 heavy (non-hydrogen) atoms. The van der Waals surface area contributed by atoms with Crippen molar-refractivity contribution in [1.82, 2.24) is 0 Å². The largest absolute Gasteiger partial charge is 1.00 e. The Hall–Kier alpha value is -0.400. The van der Waals surface area contributed by atoms with Crippen LogP contribution in [0.2, 0.25) is 0 Å². The van der Waals surface area contributed by atoms with E-state index in [9.17, 15) is 13.2 Å². The maximum absolute atomic E-state index is 10.8. The number of ether oxygens (including phenoxy) is 1. The van der Waals surface area contributed by atoms with Crippen LogP contribution in [0.5, 0.6) is 5.75 Å². The van der Waals surface area contributed by atoms with Crippen LogP contribution in [0.3, 0.4) is 0 Å². The quantitative estimate of drug-likeness (QED) is 0.279. The van der Waals surface area contributed by atoms with E-state index in [2.05, 4.69) is 4.74 Å². The van der Waals surface area contributed by atoms with Crippen molar-refractivity contribution in [2.24, 2.45) is 0 Å². The molecular formula is C8H9NaO5S. The number of hydrogen-bond donors (Lipinski definition) is 1. The molecule has 1 aromatic carbocycles. The van der Waals surface area contributed by atoms with E-state index in [0.717, 1.165) is 13.0 Å². The molecule has 0 aliphatic heterocycles. The number of rotatable bonds is 2. The van der Waals surface area contributed by atoms with Crippen molar-refractivity contribution >= 4 is 16.1 Å². The fourth-order valence-electron chi connectivity index (χ4n) is 0.902. The summed E-state index contributed by atoms with van der Waals surface area (Å²) in [6.07, 6.45) is 0. The monoisotopic (exact) mass is 240 g/mol. The van der Waals surface area contributed by atoms with Crippen LogP contribution >= 0.6 is 0 Å². The Labute approximate surface area is 111 Å². The van der Waals surface area contributed by atoms with E-state index < -0.39 is 21.0 Å². The first-order chi connectivity index (χ1) is 6.41. The van der Waals surface area contributed by atoms with Crippen LogP contribution in [0.25, 0.3) is 0 Å². The minimum Gasteiger partial charge on any atom is -1.00 e. The second-order valence-corrected chi connectivity index (χ2v) is 3.91. The van der Waals surface area contributed by atoms with Gasteiger partial charge in [-0.1, -0.05) is 12.1 Å². The Balaban J connectivity index is 0. The van der Waals surface area contributed by atoms with E-state index in [1.54, 1.807) is 0 Å². The average molecular weight is 240 g/mol. The molecular weight excluding hydrogens is 231 g/mol. The maximum Gasteiger partial charge on any atom is 1.00 e. The zero-order valence-electron chi connectivity index (χ0n) is 9.30. The summed E-state index contributed by atoms with van der Waals surface area (Å²) < 4.78 is 35.0. The summed E-state index contributed by atoms with van der Waals surface area (Å²) in [5.41, 5.74) is 0. The van der Waals surface area contributed by atoms with Crippen LogP contribution in [-0.2, 0) is 14.9 Å². The molecule has 0 amide bonds. The molecule has 5 nitrogen and oxygen atoms in total. The summed E-state index contributed by atoms with van der Waals surface area (Å²) in [6.45, 7) is 1.14. The zero-order chi connectivity index (χ0) is 10.8. The van der Waals surface area contributed by atoms with E-state index in [1.807, 2.05) is 0 Å². The van der Waals surface area contributed by atoms with Crippen LogP contribution in [-0.4, -0.2) is 18.9 Å². The summed E-state index contributed by atoms with van der Waals surface area (Å²) in [6, 6.07) is 5.33. The van der Waals surface area contributed by atoms with Gasteiger partial charge in [0.2, 0.25) is 0 Å². The number of benzene rings is 1.